The molecule has 1 aromatic heterocycles. The molecule has 0 spiro atoms. The fraction of sp³-hybridized carbons (Fsp3) is 0.185. The van der Waals surface area contributed by atoms with Crippen molar-refractivity contribution in [3.63, 3.8) is 0 Å². The molecule has 0 fully saturated rings. The molecular formula is C27H28N2. The van der Waals surface area contributed by atoms with Crippen LogP contribution in [0.2, 0.25) is 0 Å². The maximum Gasteiger partial charge on any atom is 0.0476 e. The molecule has 0 atom stereocenters. The molecule has 2 nitrogen and oxygen atoms in total. The Balaban J connectivity index is 1.54. The lowest BCUT2D eigenvalue weighted by molar-refractivity contribution is 0.241. The average molecular weight is 381 g/mol. The van der Waals surface area contributed by atoms with Crippen LogP contribution in [-0.2, 0) is 26.2 Å². The monoisotopic (exact) mass is 380 g/mol. The predicted octanol–water partition coefficient (Wildman–Crippen LogP) is 6.05. The molecule has 4 aromatic rings. The highest BCUT2D eigenvalue weighted by atomic mass is 15.1. The second-order valence-corrected chi connectivity index (χ2v) is 7.67. The minimum Gasteiger partial charge on any atom is -0.346 e. The number of hydrogen-bond acceptors (Lipinski definition) is 1. The van der Waals surface area contributed by atoms with Gasteiger partial charge in [0.25, 0.3) is 0 Å². The van der Waals surface area contributed by atoms with E-state index >= 15 is 0 Å². The average Bonchev–Trinajstić information content (AvgIpc) is 3.18. The van der Waals surface area contributed by atoms with Gasteiger partial charge in [0.1, 0.15) is 0 Å². The molecule has 0 saturated carbocycles. The van der Waals surface area contributed by atoms with Crippen LogP contribution in [0.5, 0.6) is 0 Å². The SMILES string of the molecule is Cc1ccccc1Cn1cccc1CN(Cc1ccccc1)Cc1ccccc1. The van der Waals surface area contributed by atoms with Gasteiger partial charge in [-0.1, -0.05) is 84.9 Å². The lowest BCUT2D eigenvalue weighted by atomic mass is 10.1. The van der Waals surface area contributed by atoms with Crippen LogP contribution in [0.3, 0.4) is 0 Å². The Hall–Kier alpha value is -3.10. The van der Waals surface area contributed by atoms with Gasteiger partial charge in [-0.15, -0.1) is 0 Å². The topological polar surface area (TPSA) is 8.17 Å². The molecule has 3 aromatic carbocycles. The van der Waals surface area contributed by atoms with Crippen LogP contribution in [0.25, 0.3) is 0 Å². The third-order valence-electron chi connectivity index (χ3n) is 5.41. The summed E-state index contributed by atoms with van der Waals surface area (Å²) in [6.07, 6.45) is 2.20. The third-order valence-corrected chi connectivity index (χ3v) is 5.41. The van der Waals surface area contributed by atoms with Gasteiger partial charge in [0.2, 0.25) is 0 Å². The fourth-order valence-electron chi connectivity index (χ4n) is 3.80. The highest BCUT2D eigenvalue weighted by Crippen LogP contribution is 2.17. The van der Waals surface area contributed by atoms with E-state index in [4.69, 9.17) is 0 Å². The Morgan fingerprint density at radius 3 is 1.83 bits per heavy atom. The van der Waals surface area contributed by atoms with Crippen LogP contribution in [-0.4, -0.2) is 9.47 Å². The van der Waals surface area contributed by atoms with Gasteiger partial charge < -0.3 is 4.57 Å². The van der Waals surface area contributed by atoms with Crippen molar-refractivity contribution >= 4 is 0 Å². The van der Waals surface area contributed by atoms with Crippen LogP contribution in [0, 0.1) is 6.92 Å². The van der Waals surface area contributed by atoms with E-state index in [0.717, 1.165) is 26.2 Å². The zero-order valence-electron chi connectivity index (χ0n) is 17.0. The molecule has 29 heavy (non-hydrogen) atoms. The first-order valence-corrected chi connectivity index (χ1v) is 10.3. The van der Waals surface area contributed by atoms with Crippen molar-refractivity contribution in [2.75, 3.05) is 0 Å². The summed E-state index contributed by atoms with van der Waals surface area (Å²) in [4.78, 5) is 2.52. The predicted molar refractivity (Wildman–Crippen MR) is 121 cm³/mol. The van der Waals surface area contributed by atoms with E-state index in [9.17, 15) is 0 Å². The van der Waals surface area contributed by atoms with Gasteiger partial charge in [-0.2, -0.15) is 0 Å². The quantitative estimate of drug-likeness (QED) is 0.361. The van der Waals surface area contributed by atoms with Crippen LogP contribution in [0.15, 0.2) is 103 Å². The van der Waals surface area contributed by atoms with Crippen molar-refractivity contribution in [1.82, 2.24) is 9.47 Å². The molecule has 146 valence electrons. The Bertz CT molecular complexity index is 977. The molecule has 4 rings (SSSR count). The summed E-state index contributed by atoms with van der Waals surface area (Å²) in [5, 5.41) is 0. The van der Waals surface area contributed by atoms with Gasteiger partial charge in [-0.25, -0.2) is 0 Å². The second-order valence-electron chi connectivity index (χ2n) is 7.67. The number of rotatable bonds is 8. The highest BCUT2D eigenvalue weighted by molar-refractivity contribution is 5.27. The van der Waals surface area contributed by atoms with Crippen LogP contribution in [0.4, 0.5) is 0 Å². The van der Waals surface area contributed by atoms with E-state index in [-0.39, 0.29) is 0 Å². The number of aryl methyl sites for hydroxylation is 1. The van der Waals surface area contributed by atoms with Crippen molar-refractivity contribution in [1.29, 1.82) is 0 Å². The molecule has 0 unspecified atom stereocenters. The molecular weight excluding hydrogens is 352 g/mol. The van der Waals surface area contributed by atoms with E-state index in [2.05, 4.69) is 120 Å². The van der Waals surface area contributed by atoms with Gasteiger partial charge in [-0.3, -0.25) is 4.90 Å². The van der Waals surface area contributed by atoms with E-state index in [1.54, 1.807) is 0 Å². The summed E-state index contributed by atoms with van der Waals surface area (Å²) in [5.74, 6) is 0. The molecule has 0 radical (unpaired) electrons. The molecule has 0 aliphatic rings. The summed E-state index contributed by atoms with van der Waals surface area (Å²) in [6, 6.07) is 34.6. The zero-order chi connectivity index (χ0) is 19.9. The normalized spacial score (nSPS) is 11.1. The van der Waals surface area contributed by atoms with E-state index in [0.29, 0.717) is 0 Å². The smallest absolute Gasteiger partial charge is 0.0476 e. The minimum absolute atomic E-state index is 0.916. The summed E-state index contributed by atoms with van der Waals surface area (Å²) in [5.41, 5.74) is 6.76. The summed E-state index contributed by atoms with van der Waals surface area (Å²) >= 11 is 0. The molecule has 0 bridgehead atoms. The summed E-state index contributed by atoms with van der Waals surface area (Å²) in [6.45, 7) is 5.90. The van der Waals surface area contributed by atoms with Crippen molar-refractivity contribution in [2.24, 2.45) is 0 Å². The van der Waals surface area contributed by atoms with Crippen LogP contribution < -0.4 is 0 Å². The first kappa shape index (κ1) is 19.2. The number of nitrogens with zero attached hydrogens (tertiary/aromatic N) is 2. The van der Waals surface area contributed by atoms with E-state index in [1.165, 1.54) is 27.9 Å². The Labute approximate surface area is 174 Å². The van der Waals surface area contributed by atoms with Crippen molar-refractivity contribution in [3.8, 4) is 0 Å². The molecule has 1 heterocycles. The number of aromatic nitrogens is 1. The standard InChI is InChI=1S/C27H28N2/c1-23-11-8-9-16-26(23)21-29-18-10-17-27(29)22-28(19-24-12-4-2-5-13-24)20-25-14-6-3-7-15-25/h2-18H,19-22H2,1H3. The minimum atomic E-state index is 0.916. The maximum absolute atomic E-state index is 2.52. The molecule has 0 saturated heterocycles. The first-order chi connectivity index (χ1) is 14.3. The molecule has 0 aliphatic heterocycles. The Kier molecular flexibility index (Phi) is 6.23. The molecule has 0 N–H and O–H groups in total. The van der Waals surface area contributed by atoms with Gasteiger partial charge in [0.05, 0.1) is 0 Å². The second kappa shape index (κ2) is 9.40. The third kappa shape index (κ3) is 5.24. The lowest BCUT2D eigenvalue weighted by Crippen LogP contribution is -2.24. The van der Waals surface area contributed by atoms with Gasteiger partial charge in [-0.05, 0) is 41.3 Å². The fourth-order valence-corrected chi connectivity index (χ4v) is 3.80. The summed E-state index contributed by atoms with van der Waals surface area (Å²) < 4.78 is 2.38. The molecule has 2 heteroatoms. The molecule has 0 aliphatic carbocycles. The van der Waals surface area contributed by atoms with Crippen LogP contribution >= 0.6 is 0 Å². The summed E-state index contributed by atoms with van der Waals surface area (Å²) in [7, 11) is 0. The number of benzene rings is 3. The first-order valence-electron chi connectivity index (χ1n) is 10.3. The largest absolute Gasteiger partial charge is 0.346 e. The van der Waals surface area contributed by atoms with E-state index in [1.807, 2.05) is 0 Å². The zero-order valence-corrected chi connectivity index (χ0v) is 17.0. The maximum atomic E-state index is 2.52. The van der Waals surface area contributed by atoms with Crippen molar-refractivity contribution in [2.45, 2.75) is 33.1 Å². The van der Waals surface area contributed by atoms with Gasteiger partial charge in [0.15, 0.2) is 0 Å². The Morgan fingerprint density at radius 2 is 1.21 bits per heavy atom. The number of hydrogen-bond donors (Lipinski definition) is 0. The van der Waals surface area contributed by atoms with Gasteiger partial charge in [0, 0.05) is 38.1 Å². The van der Waals surface area contributed by atoms with Crippen LogP contribution in [0.1, 0.15) is 27.9 Å². The highest BCUT2D eigenvalue weighted by Gasteiger charge is 2.11. The molecule has 0 amide bonds. The van der Waals surface area contributed by atoms with Gasteiger partial charge >= 0.3 is 0 Å². The van der Waals surface area contributed by atoms with Crippen molar-refractivity contribution in [3.05, 3.63) is 131 Å². The van der Waals surface area contributed by atoms with E-state index < -0.39 is 0 Å². The lowest BCUT2D eigenvalue weighted by Gasteiger charge is -2.24. The van der Waals surface area contributed by atoms with Crippen molar-refractivity contribution < 1.29 is 0 Å². The Morgan fingerprint density at radius 1 is 0.621 bits per heavy atom.